The minimum atomic E-state index is 0.455. The summed E-state index contributed by atoms with van der Waals surface area (Å²) < 4.78 is 8.16. The smallest absolute Gasteiger partial charge is 0.0594 e. The fourth-order valence-electron chi connectivity index (χ4n) is 1.21. The van der Waals surface area contributed by atoms with Crippen LogP contribution in [0.15, 0.2) is 0 Å². The van der Waals surface area contributed by atoms with Crippen molar-refractivity contribution in [2.75, 3.05) is 32.8 Å². The predicted molar refractivity (Wildman–Crippen MR) is 48.8 cm³/mol. The van der Waals surface area contributed by atoms with Gasteiger partial charge in [0.2, 0.25) is 0 Å². The monoisotopic (exact) mass is 176 g/mol. The Morgan fingerprint density at radius 2 is 2.18 bits per heavy atom. The van der Waals surface area contributed by atoms with Gasteiger partial charge >= 0.3 is 0 Å². The van der Waals surface area contributed by atoms with Crippen LogP contribution < -0.4 is 4.72 Å². The van der Waals surface area contributed by atoms with Crippen LogP contribution in [0.2, 0.25) is 0 Å². The molecule has 1 unspecified atom stereocenters. The Balaban J connectivity index is 2.13. The average molecular weight is 176 g/mol. The minimum Gasteiger partial charge on any atom is -0.379 e. The maximum absolute atomic E-state index is 5.23. The molecule has 0 spiro atoms. The molecule has 0 radical (unpaired) electrons. The van der Waals surface area contributed by atoms with Crippen molar-refractivity contribution in [2.24, 2.45) is 0 Å². The molecule has 1 aliphatic rings. The molecule has 1 N–H and O–H groups in total. The Morgan fingerprint density at radius 1 is 1.55 bits per heavy atom. The van der Waals surface area contributed by atoms with E-state index >= 15 is 0 Å². The zero-order valence-corrected chi connectivity index (χ0v) is 7.81. The summed E-state index contributed by atoms with van der Waals surface area (Å²) in [6.45, 7) is 7.05. The largest absolute Gasteiger partial charge is 0.379 e. The molecular weight excluding hydrogens is 160 g/mol. The SMILES string of the molecule is CC(CN1CCOCC1)NS. The maximum Gasteiger partial charge on any atom is 0.0594 e. The van der Waals surface area contributed by atoms with Gasteiger partial charge in [-0.3, -0.25) is 9.62 Å². The van der Waals surface area contributed by atoms with E-state index in [-0.39, 0.29) is 0 Å². The van der Waals surface area contributed by atoms with Crippen LogP contribution in [0, 0.1) is 0 Å². The van der Waals surface area contributed by atoms with Crippen molar-refractivity contribution in [3.05, 3.63) is 0 Å². The third kappa shape index (κ3) is 3.42. The molecule has 0 aliphatic carbocycles. The highest BCUT2D eigenvalue weighted by Crippen LogP contribution is 1.98. The third-order valence-corrected chi connectivity index (χ3v) is 2.30. The van der Waals surface area contributed by atoms with Crippen LogP contribution in [-0.2, 0) is 4.74 Å². The molecule has 0 aromatic rings. The summed E-state index contributed by atoms with van der Waals surface area (Å²) in [5.74, 6) is 0. The number of rotatable bonds is 3. The summed E-state index contributed by atoms with van der Waals surface area (Å²) in [5, 5.41) is 0. The molecule has 1 fully saturated rings. The normalized spacial score (nSPS) is 23.5. The number of nitrogens with one attached hydrogen (secondary N) is 1. The molecule has 1 aliphatic heterocycles. The van der Waals surface area contributed by atoms with Crippen LogP contribution in [-0.4, -0.2) is 43.8 Å². The molecule has 1 atom stereocenters. The van der Waals surface area contributed by atoms with Gasteiger partial charge in [0.25, 0.3) is 0 Å². The van der Waals surface area contributed by atoms with Crippen molar-refractivity contribution in [1.29, 1.82) is 0 Å². The van der Waals surface area contributed by atoms with Crippen LogP contribution in [0.5, 0.6) is 0 Å². The van der Waals surface area contributed by atoms with E-state index in [4.69, 9.17) is 4.74 Å². The number of hydrogen-bond donors (Lipinski definition) is 2. The van der Waals surface area contributed by atoms with Gasteiger partial charge in [0, 0.05) is 25.7 Å². The lowest BCUT2D eigenvalue weighted by molar-refractivity contribution is 0.0355. The first-order chi connectivity index (χ1) is 5.33. The maximum atomic E-state index is 5.23. The molecule has 0 amide bonds. The van der Waals surface area contributed by atoms with Gasteiger partial charge in [0.15, 0.2) is 0 Å². The standard InChI is InChI=1S/C7H16N2OS/c1-7(8-11)6-9-2-4-10-5-3-9/h7-8,11H,2-6H2,1H3. The minimum absolute atomic E-state index is 0.455. The van der Waals surface area contributed by atoms with Crippen LogP contribution in [0.1, 0.15) is 6.92 Å². The van der Waals surface area contributed by atoms with Gasteiger partial charge in [-0.2, -0.15) is 0 Å². The molecule has 0 saturated carbocycles. The Labute approximate surface area is 73.6 Å². The predicted octanol–water partition coefficient (Wildman–Crippen LogP) is 0.141. The molecule has 4 heteroatoms. The summed E-state index contributed by atoms with van der Waals surface area (Å²) in [4.78, 5) is 2.39. The quantitative estimate of drug-likeness (QED) is 0.598. The number of morpholine rings is 1. The number of nitrogens with zero attached hydrogens (tertiary/aromatic N) is 1. The van der Waals surface area contributed by atoms with Crippen molar-refractivity contribution in [2.45, 2.75) is 13.0 Å². The van der Waals surface area contributed by atoms with Gasteiger partial charge in [0.05, 0.1) is 13.2 Å². The van der Waals surface area contributed by atoms with E-state index in [0.717, 1.165) is 32.8 Å². The van der Waals surface area contributed by atoms with E-state index in [0.29, 0.717) is 6.04 Å². The molecule has 11 heavy (non-hydrogen) atoms. The zero-order chi connectivity index (χ0) is 8.10. The Hall–Kier alpha value is 0.230. The van der Waals surface area contributed by atoms with Crippen molar-refractivity contribution >= 4 is 12.8 Å². The van der Waals surface area contributed by atoms with Gasteiger partial charge in [-0.25, -0.2) is 0 Å². The van der Waals surface area contributed by atoms with E-state index in [2.05, 4.69) is 29.4 Å². The van der Waals surface area contributed by atoms with Gasteiger partial charge < -0.3 is 4.74 Å². The third-order valence-electron chi connectivity index (χ3n) is 1.86. The first-order valence-electron chi connectivity index (χ1n) is 4.02. The Bertz CT molecular complexity index is 107. The molecular formula is C7H16N2OS. The summed E-state index contributed by atoms with van der Waals surface area (Å²) in [7, 11) is 0. The Kier molecular flexibility index (Phi) is 4.22. The lowest BCUT2D eigenvalue weighted by Crippen LogP contribution is -2.42. The van der Waals surface area contributed by atoms with Crippen LogP contribution in [0.3, 0.4) is 0 Å². The van der Waals surface area contributed by atoms with Gasteiger partial charge in [-0.15, -0.1) is 0 Å². The van der Waals surface area contributed by atoms with Gasteiger partial charge in [-0.05, 0) is 6.92 Å². The van der Waals surface area contributed by atoms with E-state index in [1.807, 2.05) is 0 Å². The topological polar surface area (TPSA) is 24.5 Å². The van der Waals surface area contributed by atoms with Gasteiger partial charge in [-0.1, -0.05) is 12.8 Å². The highest BCUT2D eigenvalue weighted by Gasteiger charge is 2.11. The summed E-state index contributed by atoms with van der Waals surface area (Å²) in [6.07, 6.45) is 0. The second-order valence-electron chi connectivity index (χ2n) is 2.94. The molecule has 1 rings (SSSR count). The molecule has 0 aromatic heterocycles. The van der Waals surface area contributed by atoms with E-state index in [1.165, 1.54) is 0 Å². The first-order valence-corrected chi connectivity index (χ1v) is 4.47. The number of thiol groups is 1. The highest BCUT2D eigenvalue weighted by atomic mass is 32.1. The molecule has 66 valence electrons. The zero-order valence-electron chi connectivity index (χ0n) is 6.92. The van der Waals surface area contributed by atoms with Crippen molar-refractivity contribution in [1.82, 2.24) is 9.62 Å². The van der Waals surface area contributed by atoms with Crippen LogP contribution >= 0.6 is 12.8 Å². The molecule has 1 heterocycles. The van der Waals surface area contributed by atoms with E-state index in [9.17, 15) is 0 Å². The van der Waals surface area contributed by atoms with Crippen molar-refractivity contribution in [3.63, 3.8) is 0 Å². The molecule has 0 bridgehead atoms. The lowest BCUT2D eigenvalue weighted by Gasteiger charge is -2.28. The molecule has 3 nitrogen and oxygen atoms in total. The molecule has 1 saturated heterocycles. The number of ether oxygens (including phenoxy) is 1. The summed E-state index contributed by atoms with van der Waals surface area (Å²) in [5.41, 5.74) is 0. The van der Waals surface area contributed by atoms with Gasteiger partial charge in [0.1, 0.15) is 0 Å². The first kappa shape index (κ1) is 9.32. The Morgan fingerprint density at radius 3 is 2.73 bits per heavy atom. The lowest BCUT2D eigenvalue weighted by atomic mass is 10.3. The summed E-state index contributed by atoms with van der Waals surface area (Å²) >= 11 is 4.01. The van der Waals surface area contributed by atoms with E-state index in [1.54, 1.807) is 0 Å². The van der Waals surface area contributed by atoms with Crippen molar-refractivity contribution < 1.29 is 4.74 Å². The van der Waals surface area contributed by atoms with Crippen LogP contribution in [0.25, 0.3) is 0 Å². The second kappa shape index (κ2) is 4.98. The highest BCUT2D eigenvalue weighted by molar-refractivity contribution is 7.78. The molecule has 0 aromatic carbocycles. The fourth-order valence-corrected chi connectivity index (χ4v) is 1.29. The fraction of sp³-hybridized carbons (Fsp3) is 1.00. The average Bonchev–Trinajstić information content (AvgIpc) is 2.06. The van der Waals surface area contributed by atoms with Crippen molar-refractivity contribution in [3.8, 4) is 0 Å². The van der Waals surface area contributed by atoms with Crippen LogP contribution in [0.4, 0.5) is 0 Å². The summed E-state index contributed by atoms with van der Waals surface area (Å²) in [6, 6.07) is 0.455. The second-order valence-corrected chi connectivity index (χ2v) is 3.20. The number of hydrogen-bond acceptors (Lipinski definition) is 4. The van der Waals surface area contributed by atoms with E-state index < -0.39 is 0 Å².